The van der Waals surface area contributed by atoms with E-state index in [1.165, 1.54) is 0 Å². The largest absolute Gasteiger partial charge is 0.445 e. The second-order valence-corrected chi connectivity index (χ2v) is 8.73. The van der Waals surface area contributed by atoms with Gasteiger partial charge in [0, 0.05) is 13.1 Å². The predicted molar refractivity (Wildman–Crippen MR) is 113 cm³/mol. The van der Waals surface area contributed by atoms with Crippen LogP contribution >= 0.6 is 0 Å². The molecule has 0 aliphatic carbocycles. The fourth-order valence-corrected chi connectivity index (χ4v) is 2.14. The van der Waals surface area contributed by atoms with Gasteiger partial charge in [0.05, 0.1) is 11.2 Å². The lowest BCUT2D eigenvalue weighted by molar-refractivity contribution is -0.155. The van der Waals surface area contributed by atoms with Crippen molar-refractivity contribution in [2.45, 2.75) is 59.4 Å². The van der Waals surface area contributed by atoms with Gasteiger partial charge in [-0.05, 0) is 47.1 Å². The van der Waals surface area contributed by atoms with Crippen molar-refractivity contribution >= 4 is 17.9 Å². The lowest BCUT2D eigenvalue weighted by atomic mass is 10.2. The quantitative estimate of drug-likeness (QED) is 0.658. The Labute approximate surface area is 178 Å². The molecule has 8 heteroatoms. The van der Waals surface area contributed by atoms with Crippen molar-refractivity contribution in [2.75, 3.05) is 26.3 Å². The molecular weight excluding hydrogens is 388 g/mol. The van der Waals surface area contributed by atoms with E-state index >= 15 is 0 Å². The summed E-state index contributed by atoms with van der Waals surface area (Å²) in [7, 11) is 0. The van der Waals surface area contributed by atoms with Gasteiger partial charge in [-0.1, -0.05) is 30.3 Å². The SMILES string of the molecule is CC(C)(C)OCC(=O)N(CCNC(=O)OCc1ccccc1)C(=O)COC(C)(C)C. The Kier molecular flexibility index (Phi) is 9.95. The first kappa shape index (κ1) is 25.6. The number of rotatable bonds is 9. The summed E-state index contributed by atoms with van der Waals surface area (Å²) in [6, 6.07) is 9.27. The summed E-state index contributed by atoms with van der Waals surface area (Å²) in [5, 5.41) is 2.55. The summed E-state index contributed by atoms with van der Waals surface area (Å²) in [5.41, 5.74) is -0.185. The molecule has 0 saturated carbocycles. The molecule has 0 saturated heterocycles. The molecule has 0 fully saturated rings. The summed E-state index contributed by atoms with van der Waals surface area (Å²) in [6.45, 7) is 10.6. The van der Waals surface area contributed by atoms with E-state index in [0.29, 0.717) is 0 Å². The van der Waals surface area contributed by atoms with Gasteiger partial charge in [-0.25, -0.2) is 4.79 Å². The van der Waals surface area contributed by atoms with Gasteiger partial charge in [-0.2, -0.15) is 0 Å². The molecule has 0 aliphatic rings. The first-order valence-corrected chi connectivity index (χ1v) is 9.93. The van der Waals surface area contributed by atoms with Crippen LogP contribution in [0.3, 0.4) is 0 Å². The van der Waals surface area contributed by atoms with E-state index in [2.05, 4.69) is 5.32 Å². The van der Waals surface area contributed by atoms with E-state index in [-0.39, 0.29) is 32.9 Å². The zero-order valence-corrected chi connectivity index (χ0v) is 18.8. The van der Waals surface area contributed by atoms with Crippen LogP contribution in [0, 0.1) is 0 Å². The molecule has 0 heterocycles. The number of nitrogens with one attached hydrogen (secondary N) is 1. The van der Waals surface area contributed by atoms with Crippen LogP contribution in [0.1, 0.15) is 47.1 Å². The Balaban J connectivity index is 2.57. The summed E-state index contributed by atoms with van der Waals surface area (Å²) < 4.78 is 16.1. The zero-order chi connectivity index (χ0) is 22.8. The number of carbonyl (C=O) groups is 3. The van der Waals surface area contributed by atoms with Gasteiger partial charge < -0.3 is 19.5 Å². The second kappa shape index (κ2) is 11.7. The molecular formula is C22H34N2O6. The van der Waals surface area contributed by atoms with Crippen LogP contribution in [0.15, 0.2) is 30.3 Å². The highest BCUT2D eigenvalue weighted by Crippen LogP contribution is 2.09. The molecule has 30 heavy (non-hydrogen) atoms. The minimum atomic E-state index is -0.629. The maximum Gasteiger partial charge on any atom is 0.407 e. The monoisotopic (exact) mass is 422 g/mol. The third-order valence-corrected chi connectivity index (χ3v) is 3.68. The Morgan fingerprint density at radius 3 is 1.83 bits per heavy atom. The summed E-state index contributed by atoms with van der Waals surface area (Å²) >= 11 is 0. The van der Waals surface area contributed by atoms with Crippen molar-refractivity contribution in [3.05, 3.63) is 35.9 Å². The first-order chi connectivity index (χ1) is 13.9. The zero-order valence-electron chi connectivity index (χ0n) is 18.8. The number of carbonyl (C=O) groups excluding carboxylic acids is 3. The van der Waals surface area contributed by atoms with Gasteiger partial charge in [0.1, 0.15) is 19.8 Å². The fraction of sp³-hybridized carbons (Fsp3) is 0.591. The van der Waals surface area contributed by atoms with Gasteiger partial charge in [-0.15, -0.1) is 0 Å². The number of benzene rings is 1. The number of alkyl carbamates (subject to hydrolysis) is 1. The van der Waals surface area contributed by atoms with Crippen LogP contribution in [-0.4, -0.2) is 60.3 Å². The number of nitrogens with zero attached hydrogens (tertiary/aromatic N) is 1. The third-order valence-electron chi connectivity index (χ3n) is 3.68. The van der Waals surface area contributed by atoms with Crippen LogP contribution in [0.2, 0.25) is 0 Å². The molecule has 168 valence electrons. The molecule has 0 unspecified atom stereocenters. The van der Waals surface area contributed by atoms with Crippen molar-refractivity contribution < 1.29 is 28.6 Å². The third kappa shape index (κ3) is 11.5. The average molecular weight is 423 g/mol. The van der Waals surface area contributed by atoms with Gasteiger partial charge in [0.25, 0.3) is 11.8 Å². The molecule has 1 aromatic rings. The number of amides is 3. The minimum absolute atomic E-state index is 0.0148. The van der Waals surface area contributed by atoms with Gasteiger partial charge in [-0.3, -0.25) is 14.5 Å². The second-order valence-electron chi connectivity index (χ2n) is 8.73. The van der Waals surface area contributed by atoms with Crippen LogP contribution in [0.4, 0.5) is 4.79 Å². The Bertz CT molecular complexity index is 662. The molecule has 0 bridgehead atoms. The highest BCUT2D eigenvalue weighted by atomic mass is 16.5. The average Bonchev–Trinajstić information content (AvgIpc) is 2.65. The molecule has 1 N–H and O–H groups in total. The Morgan fingerprint density at radius 2 is 1.37 bits per heavy atom. The number of ether oxygens (including phenoxy) is 3. The topological polar surface area (TPSA) is 94.2 Å². The van der Waals surface area contributed by atoms with Crippen LogP contribution in [-0.2, 0) is 30.4 Å². The van der Waals surface area contributed by atoms with E-state index in [4.69, 9.17) is 14.2 Å². The minimum Gasteiger partial charge on any atom is -0.445 e. The van der Waals surface area contributed by atoms with E-state index in [1.54, 1.807) is 0 Å². The van der Waals surface area contributed by atoms with E-state index in [9.17, 15) is 14.4 Å². The maximum atomic E-state index is 12.5. The number of hydrogen-bond donors (Lipinski definition) is 1. The van der Waals surface area contributed by atoms with Gasteiger partial charge in [0.15, 0.2) is 0 Å². The summed E-state index contributed by atoms with van der Waals surface area (Å²) in [4.78, 5) is 38.0. The van der Waals surface area contributed by atoms with Crippen molar-refractivity contribution in [3.63, 3.8) is 0 Å². The van der Waals surface area contributed by atoms with Crippen molar-refractivity contribution in [1.29, 1.82) is 0 Å². The fourth-order valence-electron chi connectivity index (χ4n) is 2.14. The van der Waals surface area contributed by atoms with Crippen LogP contribution in [0.5, 0.6) is 0 Å². The van der Waals surface area contributed by atoms with E-state index in [1.807, 2.05) is 71.9 Å². The molecule has 1 aromatic carbocycles. The predicted octanol–water partition coefficient (Wildman–Crippen LogP) is 2.90. The van der Waals surface area contributed by atoms with E-state index < -0.39 is 29.1 Å². The smallest absolute Gasteiger partial charge is 0.407 e. The lowest BCUT2D eigenvalue weighted by Gasteiger charge is -2.26. The molecule has 0 spiro atoms. The molecule has 0 radical (unpaired) electrons. The first-order valence-electron chi connectivity index (χ1n) is 9.93. The van der Waals surface area contributed by atoms with Crippen LogP contribution in [0.25, 0.3) is 0 Å². The summed E-state index contributed by atoms with van der Waals surface area (Å²) in [6.07, 6.45) is -0.629. The van der Waals surface area contributed by atoms with Gasteiger partial charge in [0.2, 0.25) is 0 Å². The maximum absolute atomic E-state index is 12.5. The Hall–Kier alpha value is -2.45. The lowest BCUT2D eigenvalue weighted by Crippen LogP contribution is -2.46. The molecule has 0 aromatic heterocycles. The standard InChI is InChI=1S/C22H34N2O6/c1-21(2,3)29-15-18(25)24(19(26)16-30-22(4,5)6)13-12-23-20(27)28-14-17-10-8-7-9-11-17/h7-11H,12-16H2,1-6H3,(H,23,27). The van der Waals surface area contributed by atoms with E-state index in [0.717, 1.165) is 10.5 Å². The molecule has 3 amide bonds. The highest BCUT2D eigenvalue weighted by Gasteiger charge is 2.25. The summed E-state index contributed by atoms with van der Waals surface area (Å²) in [5.74, 6) is -0.987. The molecule has 0 atom stereocenters. The highest BCUT2D eigenvalue weighted by molar-refractivity contribution is 5.96. The Morgan fingerprint density at radius 1 is 0.867 bits per heavy atom. The molecule has 1 rings (SSSR count). The number of imide groups is 1. The van der Waals surface area contributed by atoms with Crippen molar-refractivity contribution in [1.82, 2.24) is 10.2 Å². The van der Waals surface area contributed by atoms with Gasteiger partial charge >= 0.3 is 6.09 Å². The molecule has 0 aliphatic heterocycles. The van der Waals surface area contributed by atoms with Crippen molar-refractivity contribution in [3.8, 4) is 0 Å². The molecule has 8 nitrogen and oxygen atoms in total. The normalized spacial score (nSPS) is 11.7. The van der Waals surface area contributed by atoms with Crippen molar-refractivity contribution in [2.24, 2.45) is 0 Å². The number of hydrogen-bond acceptors (Lipinski definition) is 6. The van der Waals surface area contributed by atoms with Crippen LogP contribution < -0.4 is 5.32 Å².